The maximum Gasteiger partial charge on any atom is 0.573 e. The molecule has 5 heterocycles. The Bertz CT molecular complexity index is 2120. The molecule has 2 aromatic carbocycles. The molecule has 290 valence electrons. The highest BCUT2D eigenvalue weighted by Gasteiger charge is 2.35. The Hall–Kier alpha value is -5.44. The number of nitrogens with one attached hydrogen (secondary N) is 2. The average molecular weight is 760 g/mol. The van der Waals surface area contributed by atoms with Crippen molar-refractivity contribution in [2.24, 2.45) is 13.0 Å². The lowest BCUT2D eigenvalue weighted by Crippen LogP contribution is -2.48. The van der Waals surface area contributed by atoms with Crippen LogP contribution in [0, 0.1) is 5.92 Å². The predicted octanol–water partition coefficient (Wildman–Crippen LogP) is 5.06. The van der Waals surface area contributed by atoms with Gasteiger partial charge in [0.15, 0.2) is 0 Å². The van der Waals surface area contributed by atoms with Crippen LogP contribution < -0.4 is 25.8 Å². The molecular formula is C40H44F3N7O5. The minimum absolute atomic E-state index is 0.0342. The number of rotatable bonds is 9. The minimum Gasteiger partial charge on any atom is -0.405 e. The third-order valence-corrected chi connectivity index (χ3v) is 11.1. The van der Waals surface area contributed by atoms with E-state index in [0.717, 1.165) is 37.3 Å². The summed E-state index contributed by atoms with van der Waals surface area (Å²) in [7, 11) is 3.45. The van der Waals surface area contributed by atoms with Gasteiger partial charge >= 0.3 is 6.36 Å². The number of anilines is 2. The number of aryl methyl sites for hydroxylation is 1. The zero-order chi connectivity index (χ0) is 38.9. The SMILES string of the molecule is CN(C(=O)C1CCN(c2ccc(NC3CCC(=O)NC3=O)cc2)CC1)C1CCN(Cc2ccc(-c3cn(C)c(=O)c4cnccc34)cc2OC(F)(F)F)CC1. The van der Waals surface area contributed by atoms with E-state index in [1.54, 1.807) is 37.6 Å². The van der Waals surface area contributed by atoms with E-state index in [1.165, 1.54) is 16.8 Å². The Kier molecular flexibility index (Phi) is 10.8. The highest BCUT2D eigenvalue weighted by Crippen LogP contribution is 2.35. The van der Waals surface area contributed by atoms with Crippen LogP contribution >= 0.6 is 0 Å². The highest BCUT2D eigenvalue weighted by atomic mass is 19.4. The second-order valence-electron chi connectivity index (χ2n) is 14.7. The number of benzene rings is 2. The summed E-state index contributed by atoms with van der Waals surface area (Å²) in [6.07, 6.45) is 3.32. The molecule has 12 nitrogen and oxygen atoms in total. The van der Waals surface area contributed by atoms with Gasteiger partial charge in [-0.25, -0.2) is 0 Å². The van der Waals surface area contributed by atoms with Crippen molar-refractivity contribution in [2.45, 2.75) is 63.5 Å². The Morgan fingerprint density at radius 1 is 0.964 bits per heavy atom. The number of carbonyl (C=O) groups is 3. The molecule has 7 rings (SSSR count). The van der Waals surface area contributed by atoms with Crippen molar-refractivity contribution >= 4 is 39.9 Å². The molecule has 3 saturated heterocycles. The molecule has 3 aliphatic heterocycles. The molecule has 3 amide bonds. The summed E-state index contributed by atoms with van der Waals surface area (Å²) < 4.78 is 46.8. The largest absolute Gasteiger partial charge is 0.573 e. The van der Waals surface area contributed by atoms with Crippen molar-refractivity contribution in [1.82, 2.24) is 24.7 Å². The maximum atomic E-state index is 13.6. The molecule has 15 heteroatoms. The Labute approximate surface area is 316 Å². The van der Waals surface area contributed by atoms with Gasteiger partial charge in [-0.15, -0.1) is 13.2 Å². The van der Waals surface area contributed by atoms with Crippen LogP contribution in [0.25, 0.3) is 21.9 Å². The lowest BCUT2D eigenvalue weighted by Gasteiger charge is -2.40. The van der Waals surface area contributed by atoms with Gasteiger partial charge in [0.1, 0.15) is 11.8 Å². The van der Waals surface area contributed by atoms with E-state index in [0.29, 0.717) is 66.2 Å². The highest BCUT2D eigenvalue weighted by molar-refractivity contribution is 6.01. The number of halogens is 3. The smallest absolute Gasteiger partial charge is 0.405 e. The first-order valence-electron chi connectivity index (χ1n) is 18.6. The molecule has 2 aromatic heterocycles. The fourth-order valence-electron chi connectivity index (χ4n) is 7.97. The first-order chi connectivity index (χ1) is 26.3. The monoisotopic (exact) mass is 759 g/mol. The number of amides is 3. The standard InChI is InChI=1S/C40H44F3N7O5/c1-47-24-33(31-11-16-44-22-32(31)39(47)54)26-3-4-27(35(21-26)55-40(41,42)43)23-49-17-14-29(15-18-49)48(2)38(53)25-12-19-50(20-13-25)30-7-5-28(6-8-30)45-34-9-10-36(51)46-37(34)52/h3-8,11,16,21-22,24-25,29,34,45H,9-10,12-15,17-20,23H2,1-2H3,(H,46,51,52). The molecule has 2 N–H and O–H groups in total. The van der Waals surface area contributed by atoms with Gasteiger partial charge < -0.3 is 24.4 Å². The molecule has 1 unspecified atom stereocenters. The summed E-state index contributed by atoms with van der Waals surface area (Å²) in [5.41, 5.74) is 3.06. The quantitative estimate of drug-likeness (QED) is 0.225. The molecule has 4 aromatic rings. The topological polar surface area (TPSA) is 129 Å². The molecule has 3 fully saturated rings. The van der Waals surface area contributed by atoms with Gasteiger partial charge in [0.05, 0.1) is 5.39 Å². The average Bonchev–Trinajstić information content (AvgIpc) is 3.17. The van der Waals surface area contributed by atoms with Crippen molar-refractivity contribution < 1.29 is 32.3 Å². The van der Waals surface area contributed by atoms with E-state index in [2.05, 4.69) is 30.2 Å². The molecule has 3 aliphatic rings. The number of imide groups is 1. The number of nitrogens with zero attached hydrogens (tertiary/aromatic N) is 5. The van der Waals surface area contributed by atoms with E-state index in [-0.39, 0.29) is 47.5 Å². The van der Waals surface area contributed by atoms with Crippen LogP contribution in [0.1, 0.15) is 44.1 Å². The number of ether oxygens (including phenoxy) is 1. The summed E-state index contributed by atoms with van der Waals surface area (Å²) >= 11 is 0. The minimum atomic E-state index is -4.89. The fourth-order valence-corrected chi connectivity index (χ4v) is 7.97. The maximum absolute atomic E-state index is 13.6. The zero-order valence-electron chi connectivity index (χ0n) is 30.8. The summed E-state index contributed by atoms with van der Waals surface area (Å²) in [6.45, 7) is 2.95. The molecule has 0 saturated carbocycles. The molecule has 0 bridgehead atoms. The van der Waals surface area contributed by atoms with E-state index < -0.39 is 12.4 Å². The summed E-state index contributed by atoms with van der Waals surface area (Å²) in [5.74, 6) is -0.818. The van der Waals surface area contributed by atoms with Gasteiger partial charge in [-0.3, -0.25) is 34.4 Å². The molecule has 1 atom stereocenters. The number of likely N-dealkylation sites (tertiary alicyclic amines) is 1. The number of carbonyl (C=O) groups excluding carboxylic acids is 3. The van der Waals surface area contributed by atoms with Crippen LogP contribution in [0.5, 0.6) is 5.75 Å². The number of hydrogen-bond donors (Lipinski definition) is 2. The summed E-state index contributed by atoms with van der Waals surface area (Å²) in [6, 6.07) is 13.9. The third kappa shape index (κ3) is 8.61. The van der Waals surface area contributed by atoms with Gasteiger partial charge in [0.2, 0.25) is 17.7 Å². The number of piperidine rings is 3. The normalized spacial score (nSPS) is 19.0. The van der Waals surface area contributed by atoms with Crippen LogP contribution in [-0.2, 0) is 28.0 Å². The number of pyridine rings is 2. The van der Waals surface area contributed by atoms with E-state index in [4.69, 9.17) is 0 Å². The van der Waals surface area contributed by atoms with Crippen LogP contribution in [0.15, 0.2) is 71.9 Å². The Morgan fingerprint density at radius 2 is 1.69 bits per heavy atom. The summed E-state index contributed by atoms with van der Waals surface area (Å²) in [4.78, 5) is 60.1. The van der Waals surface area contributed by atoms with Gasteiger partial charge in [-0.05, 0) is 79.5 Å². The second kappa shape index (κ2) is 15.7. The lowest BCUT2D eigenvalue weighted by atomic mass is 9.93. The number of fused-ring (bicyclic) bond motifs is 1. The molecular weight excluding hydrogens is 715 g/mol. The van der Waals surface area contributed by atoms with Crippen molar-refractivity contribution in [3.8, 4) is 16.9 Å². The second-order valence-corrected chi connectivity index (χ2v) is 14.7. The van der Waals surface area contributed by atoms with Crippen molar-refractivity contribution in [3.63, 3.8) is 0 Å². The van der Waals surface area contributed by atoms with Crippen LogP contribution in [0.3, 0.4) is 0 Å². The van der Waals surface area contributed by atoms with Gasteiger partial charge in [0.25, 0.3) is 5.56 Å². The van der Waals surface area contributed by atoms with E-state index >= 15 is 0 Å². The van der Waals surface area contributed by atoms with Crippen LogP contribution in [-0.4, -0.2) is 88.7 Å². The van der Waals surface area contributed by atoms with E-state index in [9.17, 15) is 32.3 Å². The molecule has 0 radical (unpaired) electrons. The van der Waals surface area contributed by atoms with Gasteiger partial charge in [0, 0.05) is 106 Å². The number of aromatic nitrogens is 2. The Balaban J connectivity index is 0.928. The van der Waals surface area contributed by atoms with Crippen molar-refractivity contribution in [1.29, 1.82) is 0 Å². The van der Waals surface area contributed by atoms with Crippen LogP contribution in [0.2, 0.25) is 0 Å². The van der Waals surface area contributed by atoms with Crippen LogP contribution in [0.4, 0.5) is 24.5 Å². The van der Waals surface area contributed by atoms with Crippen molar-refractivity contribution in [3.05, 3.63) is 83.0 Å². The fraction of sp³-hybridized carbons (Fsp3) is 0.425. The molecule has 55 heavy (non-hydrogen) atoms. The number of alkyl halides is 3. The summed E-state index contributed by atoms with van der Waals surface area (Å²) in [5, 5.41) is 6.51. The molecule has 0 spiro atoms. The van der Waals surface area contributed by atoms with E-state index in [1.807, 2.05) is 36.2 Å². The number of hydrogen-bond acceptors (Lipinski definition) is 9. The van der Waals surface area contributed by atoms with Gasteiger partial charge in [-0.1, -0.05) is 12.1 Å². The molecule has 0 aliphatic carbocycles. The van der Waals surface area contributed by atoms with Gasteiger partial charge in [-0.2, -0.15) is 0 Å². The lowest BCUT2D eigenvalue weighted by molar-refractivity contribution is -0.275. The first-order valence-corrected chi connectivity index (χ1v) is 18.6. The third-order valence-electron chi connectivity index (χ3n) is 11.1. The zero-order valence-corrected chi connectivity index (χ0v) is 30.8. The predicted molar refractivity (Wildman–Crippen MR) is 201 cm³/mol. The first kappa shape index (κ1) is 37.9. The Morgan fingerprint density at radius 3 is 2.38 bits per heavy atom. The van der Waals surface area contributed by atoms with Crippen molar-refractivity contribution in [2.75, 3.05) is 43.4 Å².